The quantitative estimate of drug-likeness (QED) is 0.692. The van der Waals surface area contributed by atoms with E-state index in [1.54, 1.807) is 12.1 Å². The zero-order valence-corrected chi connectivity index (χ0v) is 10.2. The number of alkyl halides is 3. The summed E-state index contributed by atoms with van der Waals surface area (Å²) in [5.41, 5.74) is 0.695. The van der Waals surface area contributed by atoms with E-state index in [0.717, 1.165) is 17.7 Å². The second-order valence-electron chi connectivity index (χ2n) is 4.37. The first kappa shape index (κ1) is 12.5. The first-order valence-corrected chi connectivity index (χ1v) is 5.87. The third-order valence-corrected chi connectivity index (χ3v) is 3.05. The monoisotopic (exact) mass is 277 g/mol. The van der Waals surface area contributed by atoms with Crippen LogP contribution in [0.25, 0.3) is 22.4 Å². The number of fused-ring (bicyclic) bond motifs is 1. The smallest absolute Gasteiger partial charge is 0.337 e. The maximum atomic E-state index is 12.7. The molecular formula is C14H10F3N3. The number of benzene rings is 2. The van der Waals surface area contributed by atoms with Crippen LogP contribution in [-0.4, -0.2) is 9.66 Å². The molecule has 1 heterocycles. The molecule has 3 nitrogen and oxygen atoms in total. The van der Waals surface area contributed by atoms with Gasteiger partial charge in [-0.25, -0.2) is 9.66 Å². The van der Waals surface area contributed by atoms with Crippen LogP contribution in [0.15, 0.2) is 48.5 Å². The number of nitrogens with two attached hydrogens (primary N) is 1. The van der Waals surface area contributed by atoms with E-state index in [1.807, 2.05) is 18.2 Å². The Morgan fingerprint density at radius 3 is 2.35 bits per heavy atom. The van der Waals surface area contributed by atoms with E-state index in [4.69, 9.17) is 5.84 Å². The molecule has 0 spiro atoms. The van der Waals surface area contributed by atoms with Gasteiger partial charge in [-0.15, -0.1) is 0 Å². The van der Waals surface area contributed by atoms with Crippen molar-refractivity contribution in [2.24, 2.45) is 0 Å². The van der Waals surface area contributed by atoms with Crippen LogP contribution in [0.3, 0.4) is 0 Å². The molecule has 0 aliphatic carbocycles. The summed E-state index contributed by atoms with van der Waals surface area (Å²) in [6, 6.07) is 12.4. The number of nitrogens with zero attached hydrogens (tertiary/aromatic N) is 2. The molecule has 1 aromatic heterocycles. The lowest BCUT2D eigenvalue weighted by Gasteiger charge is -2.05. The number of nitrogen functional groups attached to an aromatic ring is 1. The maximum absolute atomic E-state index is 12.7. The van der Waals surface area contributed by atoms with Gasteiger partial charge in [-0.1, -0.05) is 30.3 Å². The molecule has 102 valence electrons. The zero-order chi connectivity index (χ0) is 14.3. The fraction of sp³-hybridized carbons (Fsp3) is 0.0714. The van der Waals surface area contributed by atoms with Crippen molar-refractivity contribution in [2.75, 3.05) is 5.84 Å². The standard InChI is InChI=1S/C14H10F3N3/c15-14(16,17)10-6-7-12-11(8-10)19-13(20(12)18)9-4-2-1-3-5-9/h1-8H,18H2. The molecule has 3 aromatic rings. The largest absolute Gasteiger partial charge is 0.416 e. The van der Waals surface area contributed by atoms with E-state index in [9.17, 15) is 13.2 Å². The van der Waals surface area contributed by atoms with Gasteiger partial charge in [0.25, 0.3) is 0 Å². The van der Waals surface area contributed by atoms with E-state index < -0.39 is 11.7 Å². The summed E-state index contributed by atoms with van der Waals surface area (Å²) in [7, 11) is 0. The van der Waals surface area contributed by atoms with Crippen molar-refractivity contribution in [3.05, 3.63) is 54.1 Å². The molecule has 0 amide bonds. The summed E-state index contributed by atoms with van der Waals surface area (Å²) in [6.07, 6.45) is -4.39. The van der Waals surface area contributed by atoms with E-state index in [2.05, 4.69) is 4.98 Å². The van der Waals surface area contributed by atoms with Gasteiger partial charge in [0.1, 0.15) is 0 Å². The van der Waals surface area contributed by atoms with Crippen LogP contribution in [0.1, 0.15) is 5.56 Å². The van der Waals surface area contributed by atoms with Crippen molar-refractivity contribution in [3.63, 3.8) is 0 Å². The third kappa shape index (κ3) is 1.99. The van der Waals surface area contributed by atoms with E-state index in [0.29, 0.717) is 11.3 Å². The number of hydrogen-bond donors (Lipinski definition) is 1. The first-order chi connectivity index (χ1) is 9.47. The summed E-state index contributed by atoms with van der Waals surface area (Å²) in [5, 5.41) is 0. The first-order valence-electron chi connectivity index (χ1n) is 5.87. The van der Waals surface area contributed by atoms with E-state index in [-0.39, 0.29) is 5.52 Å². The molecule has 0 atom stereocenters. The van der Waals surface area contributed by atoms with Crippen molar-refractivity contribution in [3.8, 4) is 11.4 Å². The van der Waals surface area contributed by atoms with Gasteiger partial charge >= 0.3 is 6.18 Å². The van der Waals surface area contributed by atoms with Gasteiger partial charge in [0.15, 0.2) is 5.82 Å². The number of aromatic nitrogens is 2. The minimum absolute atomic E-state index is 0.223. The highest BCUT2D eigenvalue weighted by Gasteiger charge is 2.31. The SMILES string of the molecule is Nn1c(-c2ccccc2)nc2cc(C(F)(F)F)ccc21. The van der Waals surface area contributed by atoms with E-state index >= 15 is 0 Å². The van der Waals surface area contributed by atoms with Gasteiger partial charge < -0.3 is 5.84 Å². The van der Waals surface area contributed by atoms with Gasteiger partial charge in [0.05, 0.1) is 16.6 Å². The molecule has 0 fully saturated rings. The summed E-state index contributed by atoms with van der Waals surface area (Å²) in [6.45, 7) is 0. The third-order valence-electron chi connectivity index (χ3n) is 3.05. The molecule has 2 N–H and O–H groups in total. The van der Waals surface area contributed by atoms with Gasteiger partial charge in [-0.3, -0.25) is 0 Å². The minimum Gasteiger partial charge on any atom is -0.337 e. The maximum Gasteiger partial charge on any atom is 0.416 e. The van der Waals surface area contributed by atoms with Crippen molar-refractivity contribution >= 4 is 11.0 Å². The van der Waals surface area contributed by atoms with E-state index in [1.165, 1.54) is 10.7 Å². The predicted molar refractivity (Wildman–Crippen MR) is 70.3 cm³/mol. The van der Waals surface area contributed by atoms with Crippen LogP contribution in [0.4, 0.5) is 13.2 Å². The highest BCUT2D eigenvalue weighted by molar-refractivity contribution is 5.81. The molecule has 0 aliphatic rings. The lowest BCUT2D eigenvalue weighted by atomic mass is 10.2. The topological polar surface area (TPSA) is 43.8 Å². The van der Waals surface area contributed by atoms with Crippen LogP contribution in [0, 0.1) is 0 Å². The Kier molecular flexibility index (Phi) is 2.67. The average molecular weight is 277 g/mol. The molecule has 20 heavy (non-hydrogen) atoms. The van der Waals surface area contributed by atoms with Gasteiger partial charge in [0.2, 0.25) is 0 Å². The minimum atomic E-state index is -4.39. The van der Waals surface area contributed by atoms with Crippen molar-refractivity contribution in [1.29, 1.82) is 0 Å². The van der Waals surface area contributed by atoms with Gasteiger partial charge in [0, 0.05) is 5.56 Å². The van der Waals surface area contributed by atoms with Crippen LogP contribution < -0.4 is 5.84 Å². The predicted octanol–water partition coefficient (Wildman–Crippen LogP) is 3.44. The highest BCUT2D eigenvalue weighted by Crippen LogP contribution is 2.32. The molecule has 0 radical (unpaired) electrons. The Hall–Kier alpha value is -2.50. The Morgan fingerprint density at radius 2 is 1.70 bits per heavy atom. The fourth-order valence-electron chi connectivity index (χ4n) is 2.07. The lowest BCUT2D eigenvalue weighted by molar-refractivity contribution is -0.137. The molecule has 6 heteroatoms. The van der Waals surface area contributed by atoms with Crippen LogP contribution in [0.2, 0.25) is 0 Å². The number of halogens is 3. The average Bonchev–Trinajstić information content (AvgIpc) is 2.76. The molecule has 0 unspecified atom stereocenters. The molecule has 2 aromatic carbocycles. The summed E-state index contributed by atoms with van der Waals surface area (Å²) in [4.78, 5) is 4.19. The van der Waals surface area contributed by atoms with Crippen molar-refractivity contribution < 1.29 is 13.2 Å². The molecule has 0 saturated heterocycles. The summed E-state index contributed by atoms with van der Waals surface area (Å²) in [5.74, 6) is 6.33. The van der Waals surface area contributed by atoms with Crippen LogP contribution >= 0.6 is 0 Å². The molecule has 3 rings (SSSR count). The van der Waals surface area contributed by atoms with Crippen LogP contribution in [-0.2, 0) is 6.18 Å². The Labute approximate surface area is 112 Å². The summed E-state index contributed by atoms with van der Waals surface area (Å²) >= 11 is 0. The Bertz CT molecular complexity index is 760. The Balaban J connectivity index is 2.20. The van der Waals surface area contributed by atoms with Crippen LogP contribution in [0.5, 0.6) is 0 Å². The molecule has 0 aliphatic heterocycles. The molecule has 0 saturated carbocycles. The molecular weight excluding hydrogens is 267 g/mol. The number of rotatable bonds is 1. The lowest BCUT2D eigenvalue weighted by Crippen LogP contribution is -2.10. The second-order valence-corrected chi connectivity index (χ2v) is 4.37. The fourth-order valence-corrected chi connectivity index (χ4v) is 2.07. The number of hydrogen-bond acceptors (Lipinski definition) is 2. The zero-order valence-electron chi connectivity index (χ0n) is 10.2. The van der Waals surface area contributed by atoms with Gasteiger partial charge in [-0.05, 0) is 18.2 Å². The highest BCUT2D eigenvalue weighted by atomic mass is 19.4. The normalized spacial score (nSPS) is 11.9. The Morgan fingerprint density at radius 1 is 1.00 bits per heavy atom. The summed E-state index contributed by atoms with van der Waals surface area (Å²) < 4.78 is 39.3. The number of imidazole rings is 1. The molecule has 0 bridgehead atoms. The van der Waals surface area contributed by atoms with Gasteiger partial charge in [-0.2, -0.15) is 13.2 Å². The second kappa shape index (κ2) is 4.26. The van der Waals surface area contributed by atoms with Crippen molar-refractivity contribution in [2.45, 2.75) is 6.18 Å². The van der Waals surface area contributed by atoms with Crippen molar-refractivity contribution in [1.82, 2.24) is 9.66 Å².